The summed E-state index contributed by atoms with van der Waals surface area (Å²) in [5.41, 5.74) is -0.00146. The predicted octanol–water partition coefficient (Wildman–Crippen LogP) is 4.68. The number of benzene rings is 1. The zero-order valence-electron chi connectivity index (χ0n) is 11.7. The first kappa shape index (κ1) is 15.2. The van der Waals surface area contributed by atoms with Gasteiger partial charge in [-0.05, 0) is 25.1 Å². The molecule has 2 heterocycles. The molecule has 0 unspecified atom stereocenters. The fourth-order valence-electron chi connectivity index (χ4n) is 2.02. The molecule has 0 bridgehead atoms. The molecule has 0 saturated heterocycles. The third-order valence-corrected chi connectivity index (χ3v) is 4.01. The second-order valence-corrected chi connectivity index (χ2v) is 5.85. The molecule has 116 valence electrons. The molecule has 0 N–H and O–H groups in total. The number of ether oxygens (including phenoxy) is 1. The maximum Gasteiger partial charge on any atom is 0.418 e. The number of thiazole rings is 1. The minimum atomic E-state index is -4.50. The largest absolute Gasteiger partial charge is 0.453 e. The summed E-state index contributed by atoms with van der Waals surface area (Å²) in [6.45, 7) is 1.78. The lowest BCUT2D eigenvalue weighted by Crippen LogP contribution is -2.05. The molecule has 0 aliphatic heterocycles. The van der Waals surface area contributed by atoms with E-state index in [0.717, 1.165) is 17.3 Å². The summed E-state index contributed by atoms with van der Waals surface area (Å²) in [4.78, 5) is 7.84. The molecule has 0 spiro atoms. The Hall–Kier alpha value is -2.66. The van der Waals surface area contributed by atoms with E-state index < -0.39 is 11.7 Å². The Balaban J connectivity index is 2.05. The van der Waals surface area contributed by atoms with Gasteiger partial charge in [-0.1, -0.05) is 0 Å². The lowest BCUT2D eigenvalue weighted by atomic mass is 10.2. The van der Waals surface area contributed by atoms with Crippen molar-refractivity contribution in [2.45, 2.75) is 13.1 Å². The van der Waals surface area contributed by atoms with Crippen LogP contribution in [0.15, 0.2) is 30.6 Å². The van der Waals surface area contributed by atoms with Gasteiger partial charge in [0, 0.05) is 6.20 Å². The number of aromatic nitrogens is 2. The smallest absolute Gasteiger partial charge is 0.418 e. The van der Waals surface area contributed by atoms with Crippen molar-refractivity contribution < 1.29 is 17.9 Å². The summed E-state index contributed by atoms with van der Waals surface area (Å²) in [5, 5.41) is 9.84. The number of alkyl halides is 3. The molecule has 23 heavy (non-hydrogen) atoms. The van der Waals surface area contributed by atoms with Crippen molar-refractivity contribution in [3.8, 4) is 17.6 Å². The maximum absolute atomic E-state index is 12.7. The zero-order valence-corrected chi connectivity index (χ0v) is 12.5. The lowest BCUT2D eigenvalue weighted by molar-refractivity contribution is -0.137. The van der Waals surface area contributed by atoms with E-state index in [4.69, 9.17) is 10.00 Å². The third kappa shape index (κ3) is 2.96. The Morgan fingerprint density at radius 3 is 2.74 bits per heavy atom. The van der Waals surface area contributed by atoms with E-state index in [-0.39, 0.29) is 11.5 Å². The highest BCUT2D eigenvalue weighted by atomic mass is 32.1. The summed E-state index contributed by atoms with van der Waals surface area (Å²) < 4.78 is 44.3. The van der Waals surface area contributed by atoms with Crippen LogP contribution in [-0.2, 0) is 6.18 Å². The number of pyridine rings is 1. The Labute approximate surface area is 132 Å². The van der Waals surface area contributed by atoms with Crippen molar-refractivity contribution in [1.29, 1.82) is 5.26 Å². The SMILES string of the molecule is Cc1nc2c(Oc3cncc(C(F)(F)F)c3)ccc(C#N)c2s1. The number of hydrogen-bond donors (Lipinski definition) is 0. The molecule has 0 atom stereocenters. The number of nitriles is 1. The first-order valence-corrected chi connectivity index (χ1v) is 7.20. The van der Waals surface area contributed by atoms with Gasteiger partial charge in [-0.15, -0.1) is 11.3 Å². The number of rotatable bonds is 2. The Bertz CT molecular complexity index is 928. The number of fused-ring (bicyclic) bond motifs is 1. The molecule has 1 aromatic carbocycles. The van der Waals surface area contributed by atoms with Crippen molar-refractivity contribution in [2.24, 2.45) is 0 Å². The molecule has 8 heteroatoms. The van der Waals surface area contributed by atoms with Crippen molar-refractivity contribution in [2.75, 3.05) is 0 Å². The second-order valence-electron chi connectivity index (χ2n) is 4.64. The second kappa shape index (κ2) is 5.52. The van der Waals surface area contributed by atoms with Gasteiger partial charge < -0.3 is 4.74 Å². The average Bonchev–Trinajstić information content (AvgIpc) is 2.89. The van der Waals surface area contributed by atoms with Crippen LogP contribution in [0, 0.1) is 18.3 Å². The van der Waals surface area contributed by atoms with E-state index in [2.05, 4.69) is 16.0 Å². The predicted molar refractivity (Wildman–Crippen MR) is 78.4 cm³/mol. The standard InChI is InChI=1S/C15H8F3N3OS/c1-8-21-13-12(3-2-9(5-19)14(13)23-8)22-11-4-10(6-20-7-11)15(16,17)18/h2-4,6-7H,1H3. The Kier molecular flexibility index (Phi) is 3.66. The van der Waals surface area contributed by atoms with Crippen molar-refractivity contribution >= 4 is 21.6 Å². The zero-order chi connectivity index (χ0) is 16.6. The molecular weight excluding hydrogens is 327 g/mol. The first-order valence-electron chi connectivity index (χ1n) is 6.39. The number of aryl methyl sites for hydroxylation is 1. The normalized spacial score (nSPS) is 11.4. The highest BCUT2D eigenvalue weighted by molar-refractivity contribution is 7.18. The highest BCUT2D eigenvalue weighted by Gasteiger charge is 2.31. The van der Waals surface area contributed by atoms with Crippen molar-refractivity contribution in [3.05, 3.63) is 46.7 Å². The topological polar surface area (TPSA) is 58.8 Å². The van der Waals surface area contributed by atoms with Gasteiger partial charge in [-0.25, -0.2) is 4.98 Å². The molecule has 0 aliphatic carbocycles. The van der Waals surface area contributed by atoms with Gasteiger partial charge in [0.15, 0.2) is 5.75 Å². The molecular formula is C15H8F3N3OS. The van der Waals surface area contributed by atoms with Gasteiger partial charge in [-0.2, -0.15) is 18.4 Å². The lowest BCUT2D eigenvalue weighted by Gasteiger charge is -2.10. The van der Waals surface area contributed by atoms with Gasteiger partial charge in [0.1, 0.15) is 17.3 Å². The minimum Gasteiger partial charge on any atom is -0.453 e. The van der Waals surface area contributed by atoms with Crippen LogP contribution < -0.4 is 4.74 Å². The molecule has 0 saturated carbocycles. The van der Waals surface area contributed by atoms with Crippen LogP contribution in [-0.4, -0.2) is 9.97 Å². The van der Waals surface area contributed by atoms with Crippen LogP contribution in [0.3, 0.4) is 0 Å². The summed E-state index contributed by atoms with van der Waals surface area (Å²) in [7, 11) is 0. The van der Waals surface area contributed by atoms with Gasteiger partial charge in [0.2, 0.25) is 0 Å². The molecule has 2 aromatic heterocycles. The molecule has 4 nitrogen and oxygen atoms in total. The number of halogens is 3. The van der Waals surface area contributed by atoms with Crippen LogP contribution >= 0.6 is 11.3 Å². The summed E-state index contributed by atoms with van der Waals surface area (Å²) >= 11 is 1.33. The molecule has 0 amide bonds. The van der Waals surface area contributed by atoms with Gasteiger partial charge >= 0.3 is 6.18 Å². The number of nitrogens with zero attached hydrogens (tertiary/aromatic N) is 3. The number of hydrogen-bond acceptors (Lipinski definition) is 5. The summed E-state index contributed by atoms with van der Waals surface area (Å²) in [6.07, 6.45) is -2.57. The molecule has 0 radical (unpaired) electrons. The fourth-order valence-corrected chi connectivity index (χ4v) is 2.92. The molecule has 0 aliphatic rings. The Morgan fingerprint density at radius 2 is 2.04 bits per heavy atom. The summed E-state index contributed by atoms with van der Waals surface area (Å²) in [5.74, 6) is 0.237. The minimum absolute atomic E-state index is 0.0449. The highest BCUT2D eigenvalue weighted by Crippen LogP contribution is 2.36. The van der Waals surface area contributed by atoms with Gasteiger partial charge in [0.25, 0.3) is 0 Å². The first-order chi connectivity index (χ1) is 10.9. The molecule has 0 fully saturated rings. The van der Waals surface area contributed by atoms with Crippen LogP contribution in [0.1, 0.15) is 16.1 Å². The van der Waals surface area contributed by atoms with E-state index in [1.807, 2.05) is 0 Å². The van der Waals surface area contributed by atoms with Crippen LogP contribution in [0.2, 0.25) is 0 Å². The Morgan fingerprint density at radius 1 is 1.26 bits per heavy atom. The monoisotopic (exact) mass is 335 g/mol. The van der Waals surface area contributed by atoms with E-state index in [1.165, 1.54) is 23.6 Å². The van der Waals surface area contributed by atoms with E-state index in [9.17, 15) is 13.2 Å². The van der Waals surface area contributed by atoms with Crippen molar-refractivity contribution in [1.82, 2.24) is 9.97 Å². The third-order valence-electron chi connectivity index (χ3n) is 3.00. The van der Waals surface area contributed by atoms with Gasteiger partial charge in [-0.3, -0.25) is 4.98 Å². The average molecular weight is 335 g/mol. The van der Waals surface area contributed by atoms with Crippen LogP contribution in [0.4, 0.5) is 13.2 Å². The fraction of sp³-hybridized carbons (Fsp3) is 0.133. The van der Waals surface area contributed by atoms with Gasteiger partial charge in [0.05, 0.1) is 27.0 Å². The maximum atomic E-state index is 12.7. The van der Waals surface area contributed by atoms with E-state index in [1.54, 1.807) is 13.0 Å². The van der Waals surface area contributed by atoms with E-state index >= 15 is 0 Å². The van der Waals surface area contributed by atoms with Crippen LogP contribution in [0.5, 0.6) is 11.5 Å². The molecule has 3 rings (SSSR count). The van der Waals surface area contributed by atoms with Crippen molar-refractivity contribution in [3.63, 3.8) is 0 Å². The van der Waals surface area contributed by atoms with E-state index in [0.29, 0.717) is 15.8 Å². The van der Waals surface area contributed by atoms with Crippen LogP contribution in [0.25, 0.3) is 10.2 Å². The summed E-state index contributed by atoms with van der Waals surface area (Å²) in [6, 6.07) is 5.99. The quantitative estimate of drug-likeness (QED) is 0.682. The molecule has 3 aromatic rings.